The van der Waals surface area contributed by atoms with Gasteiger partial charge in [0.1, 0.15) is 40.7 Å². The molecule has 0 aromatic heterocycles. The summed E-state index contributed by atoms with van der Waals surface area (Å²) in [7, 11) is 5.87. The van der Waals surface area contributed by atoms with E-state index in [1.54, 1.807) is 45.2 Å². The maximum absolute atomic E-state index is 14.2. The van der Waals surface area contributed by atoms with Gasteiger partial charge in [0.05, 0.1) is 70.6 Å². The number of alkyl carbamates (subject to hydrolysis) is 1. The zero-order valence-corrected chi connectivity index (χ0v) is 38.4. The van der Waals surface area contributed by atoms with Crippen LogP contribution < -0.4 is 31.7 Å². The zero-order valence-electron chi connectivity index (χ0n) is 37.7. The molecule has 2 saturated heterocycles. The second kappa shape index (κ2) is 22.9. The van der Waals surface area contributed by atoms with Crippen LogP contribution in [0.1, 0.15) is 58.9 Å². The summed E-state index contributed by atoms with van der Waals surface area (Å²) in [5, 5.41) is 17.0. The quantitative estimate of drug-likeness (QED) is 0.0836. The third-order valence-electron chi connectivity index (χ3n) is 11.7. The van der Waals surface area contributed by atoms with E-state index in [2.05, 4.69) is 10.6 Å². The zero-order chi connectivity index (χ0) is 47.5. The molecule has 21 heteroatoms. The van der Waals surface area contributed by atoms with E-state index in [4.69, 9.17) is 56.2 Å². The molecule has 0 spiro atoms. The molecule has 7 N–H and O–H groups in total. The minimum absolute atomic E-state index is 0.0180. The number of benzene rings is 1. The van der Waals surface area contributed by atoms with Crippen LogP contribution in [0.15, 0.2) is 35.9 Å². The van der Waals surface area contributed by atoms with Crippen LogP contribution in [-0.4, -0.2) is 155 Å². The predicted molar refractivity (Wildman–Crippen MR) is 232 cm³/mol. The summed E-state index contributed by atoms with van der Waals surface area (Å²) >= 11 is 6.78. The van der Waals surface area contributed by atoms with Crippen LogP contribution >= 0.6 is 11.6 Å². The molecule has 64 heavy (non-hydrogen) atoms. The molecule has 3 aliphatic heterocycles. The van der Waals surface area contributed by atoms with E-state index in [0.29, 0.717) is 17.9 Å². The first-order valence-electron chi connectivity index (χ1n) is 21.0. The summed E-state index contributed by atoms with van der Waals surface area (Å²) in [6.45, 7) is 7.48. The van der Waals surface area contributed by atoms with Gasteiger partial charge in [0, 0.05) is 40.1 Å². The number of rotatable bonds is 17. The van der Waals surface area contributed by atoms with Gasteiger partial charge in [0.25, 0.3) is 0 Å². The third-order valence-corrected chi connectivity index (χ3v) is 12.0. The van der Waals surface area contributed by atoms with Crippen LogP contribution in [0, 0.1) is 5.92 Å². The fraction of sp³-hybridized carbons (Fsp3) is 0.628. The van der Waals surface area contributed by atoms with Gasteiger partial charge >= 0.3 is 12.1 Å². The number of nitrogens with two attached hydrogens (primary N) is 2. The Labute approximate surface area is 378 Å². The highest BCUT2D eigenvalue weighted by atomic mass is 35.5. The van der Waals surface area contributed by atoms with Crippen molar-refractivity contribution >= 4 is 53.0 Å². The number of hydrogen-bond acceptors (Lipinski definition) is 15. The maximum atomic E-state index is 14.2. The molecular weight excluding hydrogens is 860 g/mol. The number of methoxy groups -OCH3 is 2. The molecule has 4 bridgehead atoms. The second-order valence-electron chi connectivity index (χ2n) is 16.4. The van der Waals surface area contributed by atoms with E-state index in [9.17, 15) is 33.9 Å². The van der Waals surface area contributed by atoms with Crippen LogP contribution in [0.5, 0.6) is 5.75 Å². The number of allylic oxidation sites excluding steroid dienone is 3. The first kappa shape index (κ1) is 51.8. The number of anilines is 1. The van der Waals surface area contributed by atoms with Crippen LogP contribution in [0.3, 0.4) is 0 Å². The Hall–Kier alpha value is -4.83. The smallest absolute Gasteiger partial charge is 0.409 e. The molecule has 1 aromatic carbocycles. The Bertz CT molecular complexity index is 1930. The number of carbonyl (C=O) groups excluding carboxylic acids is 6. The highest BCUT2D eigenvalue weighted by molar-refractivity contribution is 6.35. The molecule has 3 aliphatic rings. The van der Waals surface area contributed by atoms with Crippen LogP contribution in [0.25, 0.3) is 0 Å². The van der Waals surface area contributed by atoms with Crippen molar-refractivity contribution in [2.24, 2.45) is 17.4 Å². The summed E-state index contributed by atoms with van der Waals surface area (Å²) in [5.74, 6) is -3.16. The average molecular weight is 923 g/mol. The first-order valence-corrected chi connectivity index (χ1v) is 21.3. The van der Waals surface area contributed by atoms with Crippen molar-refractivity contribution in [3.63, 3.8) is 0 Å². The summed E-state index contributed by atoms with van der Waals surface area (Å²) in [6.07, 6.45) is 0.159. The molecule has 1 aromatic rings. The van der Waals surface area contributed by atoms with Gasteiger partial charge in [-0.05, 0) is 44.9 Å². The number of hydrogen-bond donors (Lipinski definition) is 5. The highest BCUT2D eigenvalue weighted by Crippen LogP contribution is 2.49. The van der Waals surface area contributed by atoms with Crippen molar-refractivity contribution in [2.75, 3.05) is 66.2 Å². The van der Waals surface area contributed by atoms with Gasteiger partial charge in [-0.3, -0.25) is 24.5 Å². The van der Waals surface area contributed by atoms with Crippen molar-refractivity contribution in [2.45, 2.75) is 108 Å². The number of esters is 1. The van der Waals surface area contributed by atoms with Crippen LogP contribution in [0.4, 0.5) is 10.5 Å². The van der Waals surface area contributed by atoms with Gasteiger partial charge in [-0.1, -0.05) is 42.3 Å². The molecule has 20 nitrogen and oxygen atoms in total. The lowest BCUT2D eigenvalue weighted by atomic mass is 9.83. The van der Waals surface area contributed by atoms with E-state index in [0.717, 1.165) is 11.1 Å². The number of nitrogens with one attached hydrogen (secondary N) is 2. The number of aliphatic hydroxyl groups is 1. The van der Waals surface area contributed by atoms with Gasteiger partial charge in [0.15, 0.2) is 5.72 Å². The molecule has 4 rings (SSSR count). The summed E-state index contributed by atoms with van der Waals surface area (Å²) < 4.78 is 40.2. The fourth-order valence-electron chi connectivity index (χ4n) is 7.56. The number of carbonyl (C=O) groups is 6. The second-order valence-corrected chi connectivity index (χ2v) is 16.8. The Morgan fingerprint density at radius 3 is 2.48 bits per heavy atom. The van der Waals surface area contributed by atoms with Gasteiger partial charge in [-0.15, -0.1) is 0 Å². The maximum Gasteiger partial charge on any atom is 0.409 e. The molecule has 5 amide bonds. The largest absolute Gasteiger partial charge is 0.495 e. The normalized spacial score (nSPS) is 28.2. The molecule has 356 valence electrons. The molecule has 1 unspecified atom stereocenters. The molecule has 9 atom stereocenters. The van der Waals surface area contributed by atoms with Crippen molar-refractivity contribution in [1.82, 2.24) is 15.5 Å². The Balaban J connectivity index is 1.48. The average Bonchev–Trinajstić information content (AvgIpc) is 3.94. The van der Waals surface area contributed by atoms with Gasteiger partial charge < -0.3 is 64.8 Å². The molecule has 0 saturated carbocycles. The van der Waals surface area contributed by atoms with Gasteiger partial charge in [0.2, 0.25) is 23.6 Å². The van der Waals surface area contributed by atoms with E-state index < -0.39 is 89.4 Å². The monoisotopic (exact) mass is 922 g/mol. The minimum atomic E-state index is -1.87. The fourth-order valence-corrected chi connectivity index (χ4v) is 7.88. The SMILES string of the molecule is COc1cc2cc(c1Cl)N(C)C(=O)C[C@H](OC(=O)[C@H](C)N(C)C(=O)CCOCCOCCNC(=O)[C@@H](N)CC(N)=O)[C@]1(C)OC1[C@H](C)[C@@H]1C[C@@](O)(NC(=O)O1)[C@H](OC)/C=C/C=C(\C)C2. The summed E-state index contributed by atoms with van der Waals surface area (Å²) in [4.78, 5) is 79.6. The number of nitrogens with zero attached hydrogens (tertiary/aromatic N) is 2. The Kier molecular flexibility index (Phi) is 18.5. The van der Waals surface area contributed by atoms with E-state index in [1.807, 2.05) is 13.0 Å². The minimum Gasteiger partial charge on any atom is -0.495 e. The topological polar surface area (TPSA) is 273 Å². The molecule has 0 radical (unpaired) electrons. The van der Waals surface area contributed by atoms with E-state index in [-0.39, 0.29) is 63.7 Å². The summed E-state index contributed by atoms with van der Waals surface area (Å²) in [5.41, 5.74) is 9.52. The number of fused-ring (bicyclic) bond motifs is 5. The Morgan fingerprint density at radius 2 is 1.83 bits per heavy atom. The van der Waals surface area contributed by atoms with Crippen molar-refractivity contribution in [1.29, 1.82) is 0 Å². The molecule has 3 heterocycles. The number of amides is 5. The lowest BCUT2D eigenvalue weighted by Gasteiger charge is -2.42. The number of likely N-dealkylation sites (N-methyl/N-ethyl adjacent to an activating group) is 1. The van der Waals surface area contributed by atoms with Crippen molar-refractivity contribution in [3.05, 3.63) is 46.5 Å². The lowest BCUT2D eigenvalue weighted by molar-refractivity contribution is -0.162. The summed E-state index contributed by atoms with van der Waals surface area (Å²) in [6, 6.07) is 1.39. The van der Waals surface area contributed by atoms with Gasteiger partial charge in [-0.2, -0.15) is 0 Å². The van der Waals surface area contributed by atoms with E-state index >= 15 is 0 Å². The number of epoxide rings is 1. The number of primary amides is 1. The molecule has 2 fully saturated rings. The molecular formula is C43H63ClN6O14. The molecule has 0 aliphatic carbocycles. The third kappa shape index (κ3) is 13.4. The lowest BCUT2D eigenvalue weighted by Crippen LogP contribution is -2.63. The van der Waals surface area contributed by atoms with Crippen molar-refractivity contribution in [3.8, 4) is 5.75 Å². The number of ether oxygens (including phenoxy) is 7. The highest BCUT2D eigenvalue weighted by Gasteiger charge is 2.64. The first-order chi connectivity index (χ1) is 30.1. The predicted octanol–water partition coefficient (Wildman–Crippen LogP) is 1.26. The van der Waals surface area contributed by atoms with Gasteiger partial charge in [-0.25, -0.2) is 9.59 Å². The van der Waals surface area contributed by atoms with E-state index in [1.165, 1.54) is 38.0 Å². The number of halogens is 1. The standard InChI is InChI=1S/C43H63ClN6O14/c1-24-10-9-11-32(59-8)43(57)23-31(62-41(56)48-43)25(2)38-42(4,64-38)33(22-36(53)50(6)29-19-27(18-24)20-30(58-7)37(29)44)63-40(55)26(3)49(5)35(52)12-14-60-16-17-61-15-13-47-39(54)28(45)21-34(46)51/h9-11,19-20,25-26,28,31-33,38,57H,12-18,21-23,45H2,1-8H3,(H2,46,51)(H,47,54)(H,48,56)/b11-9+,24-10+/t25-,26+,28+,31+,32-,33+,38?,42+,43+/m1/s1. The van der Waals surface area contributed by atoms with Crippen LogP contribution in [0.2, 0.25) is 5.02 Å². The Morgan fingerprint density at radius 1 is 1.14 bits per heavy atom. The van der Waals surface area contributed by atoms with Crippen molar-refractivity contribution < 1.29 is 67.0 Å². The van der Waals surface area contributed by atoms with Crippen LogP contribution in [-0.2, 0) is 58.8 Å².